The predicted octanol–water partition coefficient (Wildman–Crippen LogP) is 6.99. The van der Waals surface area contributed by atoms with Crippen LogP contribution in [0, 0.1) is 17.8 Å². The van der Waals surface area contributed by atoms with Gasteiger partial charge in [-0.1, -0.05) is 106 Å². The van der Waals surface area contributed by atoms with Crippen LogP contribution in [0.15, 0.2) is 64.4 Å². The lowest BCUT2D eigenvalue weighted by Gasteiger charge is -2.37. The largest absolute Gasteiger partial charge is 0.507 e. The second-order valence-corrected chi connectivity index (χ2v) is 25.0. The molecule has 3 aromatic carbocycles. The van der Waals surface area contributed by atoms with E-state index >= 15 is 0 Å². The Labute approximate surface area is 423 Å². The van der Waals surface area contributed by atoms with Gasteiger partial charge in [0.15, 0.2) is 0 Å². The summed E-state index contributed by atoms with van der Waals surface area (Å²) in [7, 11) is -9.44. The number of sulfonamides is 2. The molecule has 5 atom stereocenters. The van der Waals surface area contributed by atoms with Gasteiger partial charge in [0.05, 0.1) is 22.4 Å². The number of aromatic hydroxyl groups is 1. The SMILES string of the molecule is CC(C)C(NC(=O)c1ccc(S(=O)(=O)NC(=O)c2ccc(Cl)c(S(=O)(=O)NC(=O)Cc3cc(C(C)(C)C)c(O)c(C(C)(C)C)c3)c2)cc1)C(=O)N1[C@@H](C(=O)NC(C(=O)C(F)(F)F)C(C)C)C[C@H]2CCCC[C@H]21. The summed E-state index contributed by atoms with van der Waals surface area (Å²) in [6, 6.07) is 5.57. The molecule has 394 valence electrons. The number of nitrogens with one attached hydrogen (secondary N) is 4. The van der Waals surface area contributed by atoms with Crippen molar-refractivity contribution in [3.63, 3.8) is 0 Å². The molecule has 0 radical (unpaired) electrons. The lowest BCUT2D eigenvalue weighted by molar-refractivity contribution is -0.175. The van der Waals surface area contributed by atoms with Gasteiger partial charge in [0.2, 0.25) is 17.7 Å². The molecule has 3 aromatic rings. The number of nitrogens with zero attached hydrogens (tertiary/aromatic N) is 1. The van der Waals surface area contributed by atoms with Gasteiger partial charge in [-0.15, -0.1) is 0 Å². The number of phenols is 1. The van der Waals surface area contributed by atoms with Gasteiger partial charge in [-0.05, 0) is 107 Å². The van der Waals surface area contributed by atoms with Crippen LogP contribution in [-0.2, 0) is 56.5 Å². The van der Waals surface area contributed by atoms with E-state index in [1.807, 2.05) is 51.0 Å². The van der Waals surface area contributed by atoms with Gasteiger partial charge < -0.3 is 20.6 Å². The molecule has 72 heavy (non-hydrogen) atoms. The summed E-state index contributed by atoms with van der Waals surface area (Å²) >= 11 is 6.23. The molecular weight excluding hydrogens is 1000 g/mol. The fraction of sp³-hybridized carbons (Fsp3) is 0.520. The Morgan fingerprint density at radius 1 is 0.722 bits per heavy atom. The van der Waals surface area contributed by atoms with Crippen LogP contribution in [0.5, 0.6) is 5.75 Å². The minimum atomic E-state index is -5.21. The number of amides is 5. The number of carbonyl (C=O) groups excluding carboxylic acids is 6. The molecular formula is C50H63ClF3N5O11S2. The highest BCUT2D eigenvalue weighted by molar-refractivity contribution is 7.90. The summed E-state index contributed by atoms with van der Waals surface area (Å²) in [5.41, 5.74) is -0.120. The highest BCUT2D eigenvalue weighted by Crippen LogP contribution is 2.42. The Balaban J connectivity index is 1.29. The number of carbonyl (C=O) groups is 6. The molecule has 2 unspecified atom stereocenters. The molecule has 2 fully saturated rings. The quantitative estimate of drug-likeness (QED) is 0.104. The standard InChI is InChI=1S/C50H63ClF3N5O11S2/c1-26(2)40(43(62)50(52,53)54)55-46(65)37-24-30-13-11-12-14-36(30)59(37)47(66)41(27(3)4)56-44(63)29-15-18-32(19-16-29)71(67,68)58-45(64)31-17-20-35(51)38(25-31)72(69,70)57-39(60)23-28-21-33(48(5,6)7)42(61)34(22-28)49(8,9)10/h15-22,25-27,30,36-37,40-41,61H,11-14,23-24H2,1-10H3,(H,55,65)(H,56,63)(H,57,60)(H,58,64)/t30-,36-,37-,40?,41?/m1/s1. The molecule has 0 bridgehead atoms. The zero-order valence-electron chi connectivity index (χ0n) is 41.8. The van der Waals surface area contributed by atoms with Gasteiger partial charge in [0.25, 0.3) is 37.6 Å². The summed E-state index contributed by atoms with van der Waals surface area (Å²) in [5, 5.41) is 15.6. The van der Waals surface area contributed by atoms with Crippen molar-refractivity contribution >= 4 is 67.0 Å². The zero-order valence-corrected chi connectivity index (χ0v) is 44.2. The highest BCUT2D eigenvalue weighted by Gasteiger charge is 2.51. The second kappa shape index (κ2) is 21.5. The lowest BCUT2D eigenvalue weighted by Crippen LogP contribution is -2.59. The molecule has 0 aromatic heterocycles. The maximum absolute atomic E-state index is 14.4. The summed E-state index contributed by atoms with van der Waals surface area (Å²) < 4.78 is 98.2. The van der Waals surface area contributed by atoms with Crippen molar-refractivity contribution in [2.24, 2.45) is 17.8 Å². The van der Waals surface area contributed by atoms with Crippen molar-refractivity contribution in [2.75, 3.05) is 0 Å². The van der Waals surface area contributed by atoms with E-state index in [2.05, 4.69) is 10.6 Å². The van der Waals surface area contributed by atoms with E-state index in [9.17, 15) is 63.9 Å². The number of hydrogen-bond donors (Lipinski definition) is 5. The Bertz CT molecular complexity index is 2810. The van der Waals surface area contributed by atoms with Crippen LogP contribution < -0.4 is 20.1 Å². The first-order valence-electron chi connectivity index (χ1n) is 23.5. The number of alkyl halides is 3. The van der Waals surface area contributed by atoms with Crippen LogP contribution in [0.1, 0.15) is 139 Å². The van der Waals surface area contributed by atoms with E-state index in [1.165, 1.54) is 18.7 Å². The number of benzene rings is 3. The van der Waals surface area contributed by atoms with Gasteiger partial charge >= 0.3 is 6.18 Å². The number of likely N-dealkylation sites (tertiary alicyclic amines) is 1. The first kappa shape index (κ1) is 57.4. The molecule has 0 spiro atoms. The number of halogens is 4. The van der Waals surface area contributed by atoms with Crippen molar-refractivity contribution < 1.29 is 63.9 Å². The van der Waals surface area contributed by atoms with Crippen molar-refractivity contribution in [2.45, 2.75) is 159 Å². The fourth-order valence-electron chi connectivity index (χ4n) is 9.11. The Hall–Kier alpha value is -5.54. The Morgan fingerprint density at radius 3 is 1.79 bits per heavy atom. The van der Waals surface area contributed by atoms with Crippen LogP contribution in [0.25, 0.3) is 0 Å². The van der Waals surface area contributed by atoms with E-state index in [0.29, 0.717) is 29.5 Å². The van der Waals surface area contributed by atoms with Crippen molar-refractivity contribution in [3.8, 4) is 5.75 Å². The Morgan fingerprint density at radius 2 is 1.26 bits per heavy atom. The fourth-order valence-corrected chi connectivity index (χ4v) is 11.6. The molecule has 1 saturated heterocycles. The first-order valence-corrected chi connectivity index (χ1v) is 26.8. The highest BCUT2D eigenvalue weighted by atomic mass is 35.5. The van der Waals surface area contributed by atoms with Crippen LogP contribution in [0.3, 0.4) is 0 Å². The topological polar surface area (TPSA) is 242 Å². The average Bonchev–Trinajstić information content (AvgIpc) is 3.65. The molecule has 5 N–H and O–H groups in total. The summed E-state index contributed by atoms with van der Waals surface area (Å²) in [4.78, 5) is 80.9. The van der Waals surface area contributed by atoms with Crippen molar-refractivity contribution in [3.05, 3.63) is 87.4 Å². The molecule has 1 aliphatic heterocycles. The third-order valence-corrected chi connectivity index (χ3v) is 16.1. The monoisotopic (exact) mass is 1070 g/mol. The van der Waals surface area contributed by atoms with Gasteiger partial charge in [0, 0.05) is 17.2 Å². The van der Waals surface area contributed by atoms with Crippen LogP contribution in [0.4, 0.5) is 13.2 Å². The van der Waals surface area contributed by atoms with Gasteiger partial charge in [-0.25, -0.2) is 26.3 Å². The number of rotatable bonds is 15. The number of hydrogen-bond acceptors (Lipinski definition) is 11. The van der Waals surface area contributed by atoms with E-state index in [-0.39, 0.29) is 28.7 Å². The normalized spacial score (nSPS) is 18.5. The minimum absolute atomic E-state index is 0.0651. The predicted molar refractivity (Wildman–Crippen MR) is 262 cm³/mol. The first-order chi connectivity index (χ1) is 33.0. The second-order valence-electron chi connectivity index (χ2n) is 21.2. The minimum Gasteiger partial charge on any atom is -0.507 e. The molecule has 16 nitrogen and oxygen atoms in total. The summed E-state index contributed by atoms with van der Waals surface area (Å²) in [6.07, 6.45) is -2.77. The third-order valence-electron chi connectivity index (χ3n) is 12.9. The van der Waals surface area contributed by atoms with Crippen molar-refractivity contribution in [1.29, 1.82) is 0 Å². The van der Waals surface area contributed by atoms with E-state index in [1.54, 1.807) is 26.0 Å². The molecule has 22 heteroatoms. The number of phenolic OH excluding ortho intramolecular Hbond substituents is 1. The maximum atomic E-state index is 14.4. The number of ketones is 1. The molecule has 1 aliphatic carbocycles. The smallest absolute Gasteiger partial charge is 0.452 e. The molecule has 1 heterocycles. The van der Waals surface area contributed by atoms with Crippen molar-refractivity contribution in [1.82, 2.24) is 25.0 Å². The summed E-state index contributed by atoms with van der Waals surface area (Å²) in [6.45, 7) is 17.3. The van der Waals surface area contributed by atoms with Crippen LogP contribution in [-0.4, -0.2) is 92.5 Å². The number of fused-ring (bicyclic) bond motifs is 1. The molecule has 2 aliphatic rings. The van der Waals surface area contributed by atoms with E-state index < -0.39 is 130 Å². The van der Waals surface area contributed by atoms with Crippen LogP contribution >= 0.6 is 11.6 Å². The molecule has 5 amide bonds. The lowest BCUT2D eigenvalue weighted by atomic mass is 9.78. The van der Waals surface area contributed by atoms with E-state index in [0.717, 1.165) is 55.3 Å². The number of Topliss-reactive ketones (excluding diaryl/α,β-unsaturated/α-hetero) is 1. The average molecular weight is 1070 g/mol. The van der Waals surface area contributed by atoms with Gasteiger partial charge in [0.1, 0.15) is 22.7 Å². The summed E-state index contributed by atoms with van der Waals surface area (Å²) in [5.74, 6) is -8.32. The van der Waals surface area contributed by atoms with E-state index in [4.69, 9.17) is 11.6 Å². The molecule has 1 saturated carbocycles. The Kier molecular flexibility index (Phi) is 17.1. The van der Waals surface area contributed by atoms with Crippen LogP contribution in [0.2, 0.25) is 5.02 Å². The van der Waals surface area contributed by atoms with Gasteiger partial charge in [-0.3, -0.25) is 28.8 Å². The van der Waals surface area contributed by atoms with Gasteiger partial charge in [-0.2, -0.15) is 13.2 Å². The third kappa shape index (κ3) is 13.2. The zero-order chi connectivity index (χ0) is 54.2. The maximum Gasteiger partial charge on any atom is 0.452 e. The molecule has 5 rings (SSSR count).